The zero-order valence-corrected chi connectivity index (χ0v) is 35.2. The maximum absolute atomic E-state index is 13.5. The van der Waals surface area contributed by atoms with E-state index in [1.165, 1.54) is 0 Å². The molecule has 0 aromatic heterocycles. The Bertz CT molecular complexity index is 1540. The van der Waals surface area contributed by atoms with Crippen LogP contribution in [0.5, 0.6) is 11.5 Å². The van der Waals surface area contributed by atoms with Gasteiger partial charge in [0.15, 0.2) is 0 Å². The van der Waals surface area contributed by atoms with Crippen molar-refractivity contribution >= 4 is 23.9 Å². The maximum atomic E-state index is 13.5. The Balaban J connectivity index is 0.00000280. The van der Waals surface area contributed by atoms with E-state index >= 15 is 0 Å². The molecule has 4 saturated heterocycles. The molecular formula is C42H56Br2N2O8. The molecule has 12 heteroatoms. The average molecular weight is 877 g/mol. The fraction of sp³-hybridized carbons (Fsp3) is 0.619. The highest BCUT2D eigenvalue weighted by atomic mass is 79.9. The fourth-order valence-corrected chi connectivity index (χ4v) is 10.3. The molecule has 1 aliphatic carbocycles. The molecule has 7 rings (SSSR count). The van der Waals surface area contributed by atoms with Crippen LogP contribution >= 0.6 is 0 Å². The fourth-order valence-electron chi connectivity index (χ4n) is 10.3. The molecule has 2 aromatic rings. The highest BCUT2D eigenvalue weighted by molar-refractivity contribution is 5.84. The maximum Gasteiger partial charge on any atom is 0.310 e. The lowest BCUT2D eigenvalue weighted by Crippen LogP contribution is -3.00. The number of hydrogen-bond acceptors (Lipinski definition) is 8. The SMILES string of the molecule is CCC(=O)Oc1cccc(C[N+]2(C)C3CCC2CC(OC(=O)C2CCC2C(=O)OC2CC4CCC(C2)[N+]4(C)Cc2cccc(OC(=O)CC)c2)C3)c1.[Br-].[Br-]. The largest absolute Gasteiger partial charge is 1.00 e. The van der Waals surface area contributed by atoms with Gasteiger partial charge in [-0.2, -0.15) is 0 Å². The minimum Gasteiger partial charge on any atom is -1.00 e. The summed E-state index contributed by atoms with van der Waals surface area (Å²) in [5.41, 5.74) is 2.28. The molecule has 2 aromatic carbocycles. The number of rotatable bonds is 12. The van der Waals surface area contributed by atoms with Gasteiger partial charge in [0.2, 0.25) is 0 Å². The second kappa shape index (κ2) is 17.6. The van der Waals surface area contributed by atoms with E-state index in [1.54, 1.807) is 13.8 Å². The molecule has 5 aliphatic rings. The second-order valence-electron chi connectivity index (χ2n) is 16.6. The third kappa shape index (κ3) is 8.76. The molecule has 0 spiro atoms. The van der Waals surface area contributed by atoms with E-state index in [4.69, 9.17) is 18.9 Å². The Kier molecular flexibility index (Phi) is 13.8. The van der Waals surface area contributed by atoms with Crippen molar-refractivity contribution in [1.82, 2.24) is 0 Å². The van der Waals surface area contributed by atoms with Crippen LogP contribution in [0.2, 0.25) is 0 Å². The van der Waals surface area contributed by atoms with Crippen LogP contribution in [-0.4, -0.2) is 83.3 Å². The first-order valence-corrected chi connectivity index (χ1v) is 19.7. The number of nitrogens with zero attached hydrogens (tertiary/aromatic N) is 2. The van der Waals surface area contributed by atoms with Crippen molar-refractivity contribution in [3.8, 4) is 11.5 Å². The van der Waals surface area contributed by atoms with E-state index in [9.17, 15) is 19.2 Å². The summed E-state index contributed by atoms with van der Waals surface area (Å²) in [6.07, 6.45) is 9.42. The molecule has 54 heavy (non-hydrogen) atoms. The molecule has 6 unspecified atom stereocenters. The van der Waals surface area contributed by atoms with Crippen molar-refractivity contribution in [3.63, 3.8) is 0 Å². The number of halogens is 2. The number of fused-ring (bicyclic) bond motifs is 4. The van der Waals surface area contributed by atoms with Crippen LogP contribution in [0.4, 0.5) is 0 Å². The first-order valence-electron chi connectivity index (χ1n) is 19.7. The molecule has 4 aliphatic heterocycles. The van der Waals surface area contributed by atoms with Gasteiger partial charge in [0.25, 0.3) is 0 Å². The van der Waals surface area contributed by atoms with Gasteiger partial charge in [0.05, 0.1) is 50.1 Å². The van der Waals surface area contributed by atoms with Crippen molar-refractivity contribution in [3.05, 3.63) is 59.7 Å². The van der Waals surface area contributed by atoms with Gasteiger partial charge in [-0.1, -0.05) is 38.1 Å². The first-order chi connectivity index (χ1) is 25.0. The third-order valence-corrected chi connectivity index (χ3v) is 13.5. The lowest BCUT2D eigenvalue weighted by Gasteiger charge is -2.47. The van der Waals surface area contributed by atoms with Gasteiger partial charge in [-0.05, 0) is 37.1 Å². The molecule has 4 bridgehead atoms. The van der Waals surface area contributed by atoms with Crippen molar-refractivity contribution in [2.45, 2.75) is 140 Å². The normalized spacial score (nSPS) is 33.3. The highest BCUT2D eigenvalue weighted by Gasteiger charge is 2.55. The average Bonchev–Trinajstić information content (AvgIpc) is 3.32. The van der Waals surface area contributed by atoms with E-state index in [1.807, 2.05) is 36.4 Å². The van der Waals surface area contributed by atoms with Crippen LogP contribution in [0.3, 0.4) is 0 Å². The van der Waals surface area contributed by atoms with Gasteiger partial charge in [-0.3, -0.25) is 19.2 Å². The molecule has 0 amide bonds. The quantitative estimate of drug-likeness (QED) is 0.172. The molecule has 0 N–H and O–H groups in total. The van der Waals surface area contributed by atoms with Crippen LogP contribution in [0.25, 0.3) is 0 Å². The molecule has 1 saturated carbocycles. The van der Waals surface area contributed by atoms with Crippen LogP contribution in [0.1, 0.15) is 102 Å². The predicted octanol–water partition coefficient (Wildman–Crippen LogP) is 0.418. The number of esters is 4. The smallest absolute Gasteiger partial charge is 0.310 e. The number of carbonyl (C=O) groups excluding carboxylic acids is 4. The third-order valence-electron chi connectivity index (χ3n) is 13.5. The predicted molar refractivity (Wildman–Crippen MR) is 193 cm³/mol. The topological polar surface area (TPSA) is 105 Å². The minimum atomic E-state index is -0.419. The van der Waals surface area contributed by atoms with Crippen molar-refractivity contribution in [2.24, 2.45) is 11.8 Å². The highest BCUT2D eigenvalue weighted by Crippen LogP contribution is 2.46. The lowest BCUT2D eigenvalue weighted by molar-refractivity contribution is -0.961. The zero-order chi connectivity index (χ0) is 36.6. The lowest BCUT2D eigenvalue weighted by atomic mass is 9.73. The first kappa shape index (κ1) is 42.3. The zero-order valence-electron chi connectivity index (χ0n) is 32.1. The number of carbonyl (C=O) groups is 4. The molecule has 5 fully saturated rings. The monoisotopic (exact) mass is 874 g/mol. The minimum absolute atomic E-state index is 0. The van der Waals surface area contributed by atoms with E-state index < -0.39 is 11.8 Å². The van der Waals surface area contributed by atoms with Gasteiger partial charge in [0.1, 0.15) is 36.8 Å². The Labute approximate surface area is 340 Å². The van der Waals surface area contributed by atoms with Gasteiger partial charge in [0, 0.05) is 75.3 Å². The summed E-state index contributed by atoms with van der Waals surface area (Å²) in [6.45, 7) is 5.26. The Morgan fingerprint density at radius 3 is 1.24 bits per heavy atom. The van der Waals surface area contributed by atoms with Crippen LogP contribution in [-0.2, 0) is 41.7 Å². The van der Waals surface area contributed by atoms with Crippen LogP contribution in [0, 0.1) is 11.8 Å². The van der Waals surface area contributed by atoms with Crippen molar-refractivity contribution in [2.75, 3.05) is 14.1 Å². The van der Waals surface area contributed by atoms with E-state index in [0.717, 1.165) is 84.5 Å². The molecular weight excluding hydrogens is 820 g/mol. The number of quaternary nitrogens is 2. The van der Waals surface area contributed by atoms with Crippen molar-refractivity contribution in [1.29, 1.82) is 0 Å². The molecule has 6 atom stereocenters. The van der Waals surface area contributed by atoms with Crippen LogP contribution in [0.15, 0.2) is 48.5 Å². The van der Waals surface area contributed by atoms with E-state index in [0.29, 0.717) is 61.3 Å². The summed E-state index contributed by atoms with van der Waals surface area (Å²) in [7, 11) is 4.62. The summed E-state index contributed by atoms with van der Waals surface area (Å²) in [6, 6.07) is 17.2. The van der Waals surface area contributed by atoms with Crippen LogP contribution < -0.4 is 43.4 Å². The summed E-state index contributed by atoms with van der Waals surface area (Å²) < 4.78 is 25.1. The molecule has 4 heterocycles. The molecule has 0 radical (unpaired) electrons. The van der Waals surface area contributed by atoms with Gasteiger partial charge >= 0.3 is 23.9 Å². The number of benzene rings is 2. The standard InChI is InChI=1S/C42H56N2O8.2BrH/c1-5-39(45)49-33-11-7-9-27(19-33)25-43(3)29-13-14-30(43)22-35(21-29)51-41(47)37-17-18-38(37)42(48)52-36-23-31-15-16-32(24-36)44(31,4)26-28-10-8-12-34(20-28)50-40(46)6-2;;/h7-12,19-20,29-32,35-38H,5-6,13-18,21-26H2,1-4H3;2*1H/q+2;;/p-2. The second-order valence-corrected chi connectivity index (χ2v) is 16.6. The summed E-state index contributed by atoms with van der Waals surface area (Å²) in [5, 5.41) is 0. The van der Waals surface area contributed by atoms with Crippen molar-refractivity contribution < 1.29 is 81.1 Å². The van der Waals surface area contributed by atoms with E-state index in [2.05, 4.69) is 26.2 Å². The Hall–Kier alpha value is -2.80. The number of piperidine rings is 2. The number of hydrogen-bond donors (Lipinski definition) is 0. The van der Waals surface area contributed by atoms with Gasteiger partial charge in [-0.25, -0.2) is 0 Å². The van der Waals surface area contributed by atoms with Gasteiger partial charge in [-0.15, -0.1) is 0 Å². The summed E-state index contributed by atoms with van der Waals surface area (Å²) >= 11 is 0. The van der Waals surface area contributed by atoms with Gasteiger partial charge < -0.3 is 61.9 Å². The Morgan fingerprint density at radius 2 is 0.926 bits per heavy atom. The Morgan fingerprint density at radius 1 is 0.574 bits per heavy atom. The summed E-state index contributed by atoms with van der Waals surface area (Å²) in [4.78, 5) is 50.7. The summed E-state index contributed by atoms with van der Waals surface area (Å²) in [5.74, 6) is -0.612. The number of ether oxygens (including phenoxy) is 4. The van der Waals surface area contributed by atoms with E-state index in [-0.39, 0.29) is 70.0 Å². The molecule has 296 valence electrons. The molecule has 10 nitrogen and oxygen atoms in total.